The molecule has 0 N–H and O–H groups in total. The molecule has 0 spiro atoms. The Morgan fingerprint density at radius 1 is 0.519 bits per heavy atom. The van der Waals surface area contributed by atoms with Crippen LogP contribution in [-0.4, -0.2) is 0 Å². The average molecular weight is 682 g/mol. The molecule has 3 aliphatic rings. The zero-order chi connectivity index (χ0) is 34.2. The minimum Gasteiger partial charge on any atom is -0.310 e. The largest absolute Gasteiger partial charge is 0.310 e. The van der Waals surface area contributed by atoms with Crippen LogP contribution in [-0.2, 0) is 11.8 Å². The van der Waals surface area contributed by atoms with Crippen molar-refractivity contribution in [2.24, 2.45) is 0 Å². The zero-order valence-corrected chi connectivity index (χ0v) is 29.5. The Hall–Kier alpha value is -5.96. The Morgan fingerprint density at radius 2 is 1.21 bits per heavy atom. The van der Waals surface area contributed by atoms with E-state index >= 15 is 0 Å². The second-order valence-electron chi connectivity index (χ2n) is 14.3. The van der Waals surface area contributed by atoms with E-state index in [0.29, 0.717) is 0 Å². The summed E-state index contributed by atoms with van der Waals surface area (Å²) < 4.78 is 2.67. The number of allylic oxidation sites excluding steroid dienone is 4. The maximum atomic E-state index is 2.50. The smallest absolute Gasteiger partial charge is 0.0724 e. The van der Waals surface area contributed by atoms with E-state index in [1.54, 1.807) is 0 Å². The number of thiophene rings is 1. The summed E-state index contributed by atoms with van der Waals surface area (Å²) >= 11 is 1.95. The number of hydrogen-bond acceptors (Lipinski definition) is 2. The lowest BCUT2D eigenvalue weighted by Crippen LogP contribution is -2.29. The quantitative estimate of drug-likeness (QED) is 0.175. The molecule has 1 heterocycles. The first-order valence-electron chi connectivity index (χ1n) is 18.4. The van der Waals surface area contributed by atoms with Gasteiger partial charge in [-0.15, -0.1) is 11.3 Å². The summed E-state index contributed by atoms with van der Waals surface area (Å²) in [4.78, 5) is 2.47. The van der Waals surface area contributed by atoms with Gasteiger partial charge in [-0.25, -0.2) is 0 Å². The maximum Gasteiger partial charge on any atom is 0.0724 e. The number of hydrogen-bond donors (Lipinski definition) is 0. The van der Waals surface area contributed by atoms with E-state index in [-0.39, 0.29) is 5.41 Å². The van der Waals surface area contributed by atoms with Crippen LogP contribution in [0.5, 0.6) is 0 Å². The van der Waals surface area contributed by atoms with Crippen molar-refractivity contribution < 1.29 is 0 Å². The summed E-state index contributed by atoms with van der Waals surface area (Å²) in [6.07, 6.45) is 10.4. The number of para-hydroxylation sites is 1. The van der Waals surface area contributed by atoms with E-state index in [4.69, 9.17) is 0 Å². The molecule has 0 atom stereocenters. The van der Waals surface area contributed by atoms with Crippen LogP contribution in [0.4, 0.5) is 17.1 Å². The summed E-state index contributed by atoms with van der Waals surface area (Å²) in [5.74, 6) is 0. The van der Waals surface area contributed by atoms with Crippen molar-refractivity contribution >= 4 is 48.6 Å². The summed E-state index contributed by atoms with van der Waals surface area (Å²) in [5.41, 5.74) is 16.9. The molecular formula is C50H35NS. The van der Waals surface area contributed by atoms with E-state index in [1.165, 1.54) is 87.2 Å². The van der Waals surface area contributed by atoms with Gasteiger partial charge < -0.3 is 4.90 Å². The molecule has 0 saturated heterocycles. The van der Waals surface area contributed by atoms with Gasteiger partial charge in [0.25, 0.3) is 0 Å². The van der Waals surface area contributed by atoms with Crippen molar-refractivity contribution in [1.82, 2.24) is 0 Å². The molecule has 3 aliphatic carbocycles. The Kier molecular flexibility index (Phi) is 6.59. The molecule has 0 aliphatic heterocycles. The van der Waals surface area contributed by atoms with E-state index in [1.807, 2.05) is 11.3 Å². The Morgan fingerprint density at radius 3 is 2.00 bits per heavy atom. The first kappa shape index (κ1) is 29.7. The van der Waals surface area contributed by atoms with Gasteiger partial charge in [0.1, 0.15) is 0 Å². The second-order valence-corrected chi connectivity index (χ2v) is 15.3. The monoisotopic (exact) mass is 681 g/mol. The van der Waals surface area contributed by atoms with Crippen LogP contribution in [0.2, 0.25) is 0 Å². The molecule has 52 heavy (non-hydrogen) atoms. The SMILES string of the molecule is C1=CC(C2(c3cccc4c3sc3cc(N(c5ccccc5)c5cccc6c5-c5ccccc5C6)ccc34)c3ccccc3-c3ccccc32)=CCC1. The first-order chi connectivity index (χ1) is 25.8. The lowest BCUT2D eigenvalue weighted by atomic mass is 9.66. The third-order valence-electron chi connectivity index (χ3n) is 11.6. The van der Waals surface area contributed by atoms with E-state index in [2.05, 4.69) is 181 Å². The minimum absolute atomic E-state index is 0.388. The maximum absolute atomic E-state index is 2.50. The third kappa shape index (κ3) is 4.16. The van der Waals surface area contributed by atoms with Gasteiger partial charge in [-0.2, -0.15) is 0 Å². The molecule has 0 radical (unpaired) electrons. The highest BCUT2D eigenvalue weighted by atomic mass is 32.1. The van der Waals surface area contributed by atoms with Crippen LogP contribution >= 0.6 is 11.3 Å². The minimum atomic E-state index is -0.388. The molecule has 11 rings (SSSR count). The highest BCUT2D eigenvalue weighted by molar-refractivity contribution is 7.26. The molecular weight excluding hydrogens is 647 g/mol. The number of fused-ring (bicyclic) bond motifs is 9. The zero-order valence-electron chi connectivity index (χ0n) is 28.7. The van der Waals surface area contributed by atoms with Crippen molar-refractivity contribution in [3.8, 4) is 22.3 Å². The molecule has 0 bridgehead atoms. The lowest BCUT2D eigenvalue weighted by Gasteiger charge is -2.36. The van der Waals surface area contributed by atoms with Crippen molar-refractivity contribution in [2.75, 3.05) is 4.90 Å². The molecule has 2 heteroatoms. The fourth-order valence-electron chi connectivity index (χ4n) is 9.46. The van der Waals surface area contributed by atoms with Gasteiger partial charge >= 0.3 is 0 Å². The topological polar surface area (TPSA) is 3.24 Å². The summed E-state index contributed by atoms with van der Waals surface area (Å²) in [5, 5.41) is 2.64. The number of nitrogens with zero attached hydrogens (tertiary/aromatic N) is 1. The summed E-state index contributed by atoms with van der Waals surface area (Å²) in [7, 11) is 0. The number of benzene rings is 7. The van der Waals surface area contributed by atoms with Crippen LogP contribution in [0.1, 0.15) is 40.7 Å². The van der Waals surface area contributed by atoms with Gasteiger partial charge in [-0.05, 0) is 99.7 Å². The normalized spacial score (nSPS) is 14.9. The molecule has 8 aromatic rings. The van der Waals surface area contributed by atoms with E-state index in [9.17, 15) is 0 Å². The Balaban J connectivity index is 1.16. The molecule has 1 nitrogen and oxygen atoms in total. The first-order valence-corrected chi connectivity index (χ1v) is 19.2. The van der Waals surface area contributed by atoms with Crippen molar-refractivity contribution in [3.05, 3.63) is 209 Å². The van der Waals surface area contributed by atoms with Crippen LogP contribution < -0.4 is 4.90 Å². The molecule has 1 aromatic heterocycles. The molecule has 0 unspecified atom stereocenters. The number of rotatable bonds is 5. The fourth-order valence-corrected chi connectivity index (χ4v) is 10.8. The average Bonchev–Trinajstić information content (AvgIpc) is 3.87. The van der Waals surface area contributed by atoms with Crippen LogP contribution in [0.3, 0.4) is 0 Å². The van der Waals surface area contributed by atoms with Crippen LogP contribution in [0, 0.1) is 0 Å². The predicted molar refractivity (Wildman–Crippen MR) is 220 cm³/mol. The highest BCUT2D eigenvalue weighted by Crippen LogP contribution is 2.59. The molecule has 0 fully saturated rings. The van der Waals surface area contributed by atoms with E-state index < -0.39 is 0 Å². The standard InChI is InChI=1S/C50H35NS/c1-3-17-35(18-4-1)50(43-25-11-9-22-39(43)40-23-10-12-26-44(40)50)45-27-14-24-42-41-30-29-37(32-47(41)52-49(42)45)51(36-19-5-2-6-20-36)46-28-13-16-34-31-33-15-7-8-21-38(33)48(34)46/h2-3,5-30,32H,1,4,31H2. The summed E-state index contributed by atoms with van der Waals surface area (Å²) in [6.45, 7) is 0. The predicted octanol–water partition coefficient (Wildman–Crippen LogP) is 13.7. The Labute approximate surface area is 308 Å². The highest BCUT2D eigenvalue weighted by Gasteiger charge is 2.47. The molecule has 246 valence electrons. The molecule has 7 aromatic carbocycles. The number of anilines is 3. The van der Waals surface area contributed by atoms with Crippen molar-refractivity contribution in [3.63, 3.8) is 0 Å². The van der Waals surface area contributed by atoms with Gasteiger partial charge in [0, 0.05) is 37.1 Å². The van der Waals surface area contributed by atoms with Crippen molar-refractivity contribution in [1.29, 1.82) is 0 Å². The molecule has 0 saturated carbocycles. The summed E-state index contributed by atoms with van der Waals surface area (Å²) in [6, 6.07) is 59.0. The Bertz CT molecular complexity index is 2730. The fraction of sp³-hybridized carbons (Fsp3) is 0.0800. The van der Waals surface area contributed by atoms with Crippen molar-refractivity contribution in [2.45, 2.75) is 24.7 Å². The van der Waals surface area contributed by atoms with E-state index in [0.717, 1.165) is 24.9 Å². The van der Waals surface area contributed by atoms with Crippen LogP contribution in [0.25, 0.3) is 42.4 Å². The lowest BCUT2D eigenvalue weighted by molar-refractivity contribution is 0.760. The molecule has 0 amide bonds. The van der Waals surface area contributed by atoms with Gasteiger partial charge in [-0.1, -0.05) is 146 Å². The van der Waals surface area contributed by atoms with Gasteiger partial charge in [0.2, 0.25) is 0 Å². The van der Waals surface area contributed by atoms with Gasteiger partial charge in [-0.3, -0.25) is 0 Å². The van der Waals surface area contributed by atoms with Gasteiger partial charge in [0.05, 0.1) is 11.1 Å². The second kappa shape index (κ2) is 11.5. The van der Waals surface area contributed by atoms with Gasteiger partial charge in [0.15, 0.2) is 0 Å². The van der Waals surface area contributed by atoms with Crippen LogP contribution in [0.15, 0.2) is 182 Å². The third-order valence-corrected chi connectivity index (χ3v) is 12.8.